The second kappa shape index (κ2) is 16.7. The third kappa shape index (κ3) is 17.2. The molecule has 0 aromatic heterocycles. The van der Waals surface area contributed by atoms with Crippen LogP contribution in [0.3, 0.4) is 0 Å². The first-order valence-electron chi connectivity index (χ1n) is 8.63. The third-order valence-corrected chi connectivity index (χ3v) is 4.82. The number of rotatable bonds is 15. The van der Waals surface area contributed by atoms with Crippen LogP contribution in [0.15, 0.2) is 0 Å². The van der Waals surface area contributed by atoms with Crippen molar-refractivity contribution in [3.8, 4) is 0 Å². The molecule has 4 nitrogen and oxygen atoms in total. The average Bonchev–Trinajstić information content (AvgIpc) is 2.42. The third-order valence-electron chi connectivity index (χ3n) is 3.90. The summed E-state index contributed by atoms with van der Waals surface area (Å²) in [6.45, 7) is 2.24. The Labute approximate surface area is 159 Å². The predicted octanol–water partition coefficient (Wildman–Crippen LogP) is 4.29. The molecule has 1 atom stereocenters. The predicted molar refractivity (Wildman–Crippen MR) is 93.6 cm³/mol. The Balaban J connectivity index is 0. The molecule has 0 spiro atoms. The Hall–Kier alpha value is 0.870. The Morgan fingerprint density at radius 2 is 1.05 bits per heavy atom. The normalized spacial score (nSPS) is 12.9. The first-order valence-corrected chi connectivity index (χ1v) is 10.1. The van der Waals surface area contributed by atoms with Crippen molar-refractivity contribution in [2.75, 3.05) is 0 Å². The van der Waals surface area contributed by atoms with Crippen LogP contribution in [-0.4, -0.2) is 53.1 Å². The Morgan fingerprint density at radius 3 is 1.36 bits per heavy atom. The van der Waals surface area contributed by atoms with Gasteiger partial charge in [-0.2, -0.15) is 8.42 Å². The van der Waals surface area contributed by atoms with E-state index in [1.807, 2.05) is 0 Å². The average molecular weight is 346 g/mol. The monoisotopic (exact) mass is 345 g/mol. The van der Waals surface area contributed by atoms with E-state index in [1.165, 1.54) is 64.2 Å². The summed E-state index contributed by atoms with van der Waals surface area (Å²) in [4.78, 5) is 0. The molecule has 1 unspecified atom stereocenters. The maximum atomic E-state index is 10.6. The molecule has 0 heterocycles. The fraction of sp³-hybridized carbons (Fsp3) is 1.00. The van der Waals surface area contributed by atoms with Crippen molar-refractivity contribution in [3.63, 3.8) is 0 Å². The summed E-state index contributed by atoms with van der Waals surface area (Å²) in [5, 5.41) is 9.12. The van der Waals surface area contributed by atoms with Gasteiger partial charge < -0.3 is 5.11 Å². The van der Waals surface area contributed by atoms with E-state index < -0.39 is 15.6 Å². The minimum atomic E-state index is -4.26. The molecule has 22 heavy (non-hydrogen) atoms. The molecule has 0 saturated carbocycles. The first kappa shape index (κ1) is 25.1. The quantitative estimate of drug-likeness (QED) is 0.264. The zero-order valence-corrected chi connectivity index (χ0v) is 17.4. The minimum absolute atomic E-state index is 0. The molecule has 2 N–H and O–H groups in total. The van der Waals surface area contributed by atoms with Crippen molar-refractivity contribution in [3.05, 3.63) is 0 Å². The maximum absolute atomic E-state index is 10.6. The van der Waals surface area contributed by atoms with Crippen molar-refractivity contribution < 1.29 is 18.1 Å². The number of hydrogen-bond acceptors (Lipinski definition) is 3. The Kier molecular flexibility index (Phi) is 19.1. The SMILES string of the molecule is CCCCCCCCCCCCCCCC(O)S(=O)(=O)O.[Na]. The van der Waals surface area contributed by atoms with E-state index >= 15 is 0 Å². The molecule has 6 heteroatoms. The molecule has 0 aliphatic rings. The van der Waals surface area contributed by atoms with Crippen molar-refractivity contribution in [2.45, 2.75) is 102 Å². The van der Waals surface area contributed by atoms with Gasteiger partial charge in [-0.1, -0.05) is 84.0 Å². The summed E-state index contributed by atoms with van der Waals surface area (Å²) in [6.07, 6.45) is 16.0. The molecule has 0 saturated heterocycles. The van der Waals surface area contributed by atoms with Gasteiger partial charge in [-0.3, -0.25) is 4.55 Å². The van der Waals surface area contributed by atoms with Crippen molar-refractivity contribution in [2.24, 2.45) is 0 Å². The van der Waals surface area contributed by atoms with Crippen molar-refractivity contribution in [1.29, 1.82) is 0 Å². The van der Waals surface area contributed by atoms with E-state index in [-0.39, 0.29) is 36.0 Å². The molecule has 0 aromatic carbocycles. The van der Waals surface area contributed by atoms with Crippen molar-refractivity contribution >= 4 is 39.7 Å². The molecular weight excluding hydrogens is 311 g/mol. The Morgan fingerprint density at radius 1 is 0.727 bits per heavy atom. The van der Waals surface area contributed by atoms with Gasteiger partial charge in [-0.05, 0) is 12.8 Å². The van der Waals surface area contributed by atoms with Gasteiger partial charge >= 0.3 is 0 Å². The van der Waals surface area contributed by atoms with Gasteiger partial charge in [0, 0.05) is 29.6 Å². The second-order valence-electron chi connectivity index (χ2n) is 6.00. The van der Waals surface area contributed by atoms with Crippen molar-refractivity contribution in [1.82, 2.24) is 0 Å². The number of aliphatic hydroxyl groups is 1. The van der Waals surface area contributed by atoms with Gasteiger partial charge in [0.05, 0.1) is 0 Å². The van der Waals surface area contributed by atoms with E-state index in [0.29, 0.717) is 6.42 Å². The molecule has 1 radical (unpaired) electrons. The summed E-state index contributed by atoms with van der Waals surface area (Å²) in [7, 11) is -4.26. The molecule has 0 aliphatic heterocycles. The topological polar surface area (TPSA) is 74.6 Å². The van der Waals surface area contributed by atoms with Gasteiger partial charge in [0.2, 0.25) is 0 Å². The largest absolute Gasteiger partial charge is 0.375 e. The van der Waals surface area contributed by atoms with Gasteiger partial charge in [0.15, 0.2) is 5.44 Å². The van der Waals surface area contributed by atoms with Crippen LogP contribution in [0.2, 0.25) is 0 Å². The van der Waals surface area contributed by atoms with E-state index in [1.54, 1.807) is 0 Å². The van der Waals surface area contributed by atoms with E-state index in [9.17, 15) is 8.42 Å². The van der Waals surface area contributed by atoms with E-state index in [4.69, 9.17) is 9.66 Å². The zero-order chi connectivity index (χ0) is 16.0. The van der Waals surface area contributed by atoms with Gasteiger partial charge in [-0.25, -0.2) is 0 Å². The summed E-state index contributed by atoms with van der Waals surface area (Å²) in [5.41, 5.74) is -1.61. The summed E-state index contributed by atoms with van der Waals surface area (Å²) in [5.74, 6) is 0. The van der Waals surface area contributed by atoms with Crippen LogP contribution >= 0.6 is 0 Å². The smallest absolute Gasteiger partial charge is 0.291 e. The molecule has 0 aromatic rings. The first-order chi connectivity index (χ1) is 9.98. The van der Waals surface area contributed by atoms with Crippen LogP contribution in [0.5, 0.6) is 0 Å². The molecule has 129 valence electrons. The van der Waals surface area contributed by atoms with Crippen LogP contribution in [0.1, 0.15) is 96.8 Å². The molecular formula is C16H34NaO4S. The number of aliphatic hydroxyl groups excluding tert-OH is 1. The molecule has 0 rings (SSSR count). The maximum Gasteiger partial charge on any atom is 0.291 e. The van der Waals surface area contributed by atoms with Gasteiger partial charge in [0.1, 0.15) is 0 Å². The fourth-order valence-corrected chi connectivity index (χ4v) is 2.95. The molecule has 0 fully saturated rings. The fourth-order valence-electron chi connectivity index (χ4n) is 2.49. The minimum Gasteiger partial charge on any atom is -0.375 e. The van der Waals surface area contributed by atoms with Crippen LogP contribution in [-0.2, 0) is 10.1 Å². The standard InChI is InChI=1S/C16H34O4S.Na/c1-2-3-4-5-6-7-8-9-10-11-12-13-14-15-16(17)21(18,19)20;/h16-17H,2-15H2,1H3,(H,18,19,20);. The molecule has 0 bridgehead atoms. The summed E-state index contributed by atoms with van der Waals surface area (Å²) < 4.78 is 29.8. The second-order valence-corrected chi connectivity index (χ2v) is 7.58. The number of hydrogen-bond donors (Lipinski definition) is 2. The van der Waals surface area contributed by atoms with E-state index in [0.717, 1.165) is 12.8 Å². The summed E-state index contributed by atoms with van der Waals surface area (Å²) in [6, 6.07) is 0. The van der Waals surface area contributed by atoms with E-state index in [2.05, 4.69) is 6.92 Å². The van der Waals surface area contributed by atoms with Crippen LogP contribution in [0, 0.1) is 0 Å². The van der Waals surface area contributed by atoms with Crippen LogP contribution < -0.4 is 0 Å². The zero-order valence-electron chi connectivity index (χ0n) is 14.6. The van der Waals surface area contributed by atoms with Gasteiger partial charge in [0.25, 0.3) is 10.1 Å². The molecule has 0 amide bonds. The van der Waals surface area contributed by atoms with Crippen LogP contribution in [0.25, 0.3) is 0 Å². The Bertz CT molecular complexity index is 320. The number of unbranched alkanes of at least 4 members (excludes halogenated alkanes) is 12. The summed E-state index contributed by atoms with van der Waals surface area (Å²) >= 11 is 0. The van der Waals surface area contributed by atoms with Gasteiger partial charge in [-0.15, -0.1) is 0 Å². The van der Waals surface area contributed by atoms with Crippen LogP contribution in [0.4, 0.5) is 0 Å². The molecule has 0 aliphatic carbocycles.